The highest BCUT2D eigenvalue weighted by atomic mass is 79.9. The zero-order valence-corrected chi connectivity index (χ0v) is 13.3. The molecule has 1 unspecified atom stereocenters. The fourth-order valence-corrected chi connectivity index (χ4v) is 3.48. The molecule has 0 spiro atoms. The molecular weight excluding hydrogens is 328 g/mol. The highest BCUT2D eigenvalue weighted by molar-refractivity contribution is 9.11. The predicted molar refractivity (Wildman–Crippen MR) is 80.3 cm³/mol. The summed E-state index contributed by atoms with van der Waals surface area (Å²) in [7, 11) is 1.65. The number of aromatic nitrogens is 2. The van der Waals surface area contributed by atoms with Crippen LogP contribution in [0, 0.1) is 0 Å². The fraction of sp³-hybridized carbons (Fsp3) is 0.417. The summed E-state index contributed by atoms with van der Waals surface area (Å²) in [6, 6.07) is 3.93. The molecular formula is C12H17BrN4OS. The van der Waals surface area contributed by atoms with Crippen molar-refractivity contribution in [3.63, 3.8) is 0 Å². The Bertz CT molecular complexity index is 540. The zero-order chi connectivity index (χ0) is 13.8. The van der Waals surface area contributed by atoms with Crippen molar-refractivity contribution in [2.24, 2.45) is 5.84 Å². The number of halogens is 1. The van der Waals surface area contributed by atoms with Crippen molar-refractivity contribution in [1.82, 2.24) is 15.2 Å². The van der Waals surface area contributed by atoms with E-state index in [0.29, 0.717) is 0 Å². The molecule has 0 fully saturated rings. The zero-order valence-electron chi connectivity index (χ0n) is 10.9. The highest BCUT2D eigenvalue weighted by Crippen LogP contribution is 2.34. The summed E-state index contributed by atoms with van der Waals surface area (Å²) in [5.41, 5.74) is 3.82. The van der Waals surface area contributed by atoms with Crippen LogP contribution in [0.25, 0.3) is 0 Å². The Labute approximate surface area is 124 Å². The van der Waals surface area contributed by atoms with Gasteiger partial charge in [-0.3, -0.25) is 10.5 Å². The van der Waals surface area contributed by atoms with Crippen molar-refractivity contribution in [1.29, 1.82) is 0 Å². The third-order valence-corrected chi connectivity index (χ3v) is 4.51. The number of hydrogen-bond donors (Lipinski definition) is 2. The summed E-state index contributed by atoms with van der Waals surface area (Å²) in [4.78, 5) is 1.12. The SMILES string of the molecule is CCCn1ncc(OC)c1C(NN)c1ccc(Br)s1. The molecule has 3 N–H and O–H groups in total. The second-order valence-corrected chi connectivity index (χ2v) is 6.56. The van der Waals surface area contributed by atoms with Crippen molar-refractivity contribution in [2.75, 3.05) is 7.11 Å². The van der Waals surface area contributed by atoms with E-state index in [4.69, 9.17) is 10.6 Å². The Kier molecular flexibility index (Phi) is 4.98. The Morgan fingerprint density at radius 2 is 2.37 bits per heavy atom. The Morgan fingerprint density at radius 1 is 1.58 bits per heavy atom. The molecule has 1 atom stereocenters. The topological polar surface area (TPSA) is 65.1 Å². The number of hydrazine groups is 1. The molecule has 0 bridgehead atoms. The van der Waals surface area contributed by atoms with Crippen LogP contribution in [0.4, 0.5) is 0 Å². The van der Waals surface area contributed by atoms with Crippen molar-refractivity contribution >= 4 is 27.3 Å². The number of hydrogen-bond acceptors (Lipinski definition) is 5. The lowest BCUT2D eigenvalue weighted by molar-refractivity contribution is 0.399. The first-order chi connectivity index (χ1) is 9.21. The van der Waals surface area contributed by atoms with Gasteiger partial charge in [0, 0.05) is 11.4 Å². The molecule has 0 radical (unpaired) electrons. The number of nitrogens with one attached hydrogen (secondary N) is 1. The van der Waals surface area contributed by atoms with Crippen molar-refractivity contribution in [3.05, 3.63) is 32.7 Å². The lowest BCUT2D eigenvalue weighted by atomic mass is 10.1. The molecule has 19 heavy (non-hydrogen) atoms. The van der Waals surface area contributed by atoms with E-state index in [-0.39, 0.29) is 6.04 Å². The lowest BCUT2D eigenvalue weighted by Crippen LogP contribution is -2.30. The standard InChI is InChI=1S/C12H17BrN4OS/c1-3-6-17-12(8(18-2)7-15-17)11(16-14)9-4-5-10(13)19-9/h4-5,7,11,16H,3,6,14H2,1-2H3. The van der Waals surface area contributed by atoms with E-state index in [1.165, 1.54) is 0 Å². The van der Waals surface area contributed by atoms with Gasteiger partial charge in [0.05, 0.1) is 17.1 Å². The summed E-state index contributed by atoms with van der Waals surface area (Å²) < 4.78 is 8.41. The van der Waals surface area contributed by atoms with E-state index in [1.54, 1.807) is 24.6 Å². The van der Waals surface area contributed by atoms with Gasteiger partial charge in [0.2, 0.25) is 0 Å². The van der Waals surface area contributed by atoms with Gasteiger partial charge in [-0.2, -0.15) is 5.10 Å². The maximum Gasteiger partial charge on any atom is 0.162 e. The molecule has 0 aromatic carbocycles. The van der Waals surface area contributed by atoms with Crippen LogP contribution in [0.5, 0.6) is 5.75 Å². The van der Waals surface area contributed by atoms with Crippen LogP contribution in [0.2, 0.25) is 0 Å². The summed E-state index contributed by atoms with van der Waals surface area (Å²) in [6.45, 7) is 2.95. The van der Waals surface area contributed by atoms with Crippen LogP contribution in [0.1, 0.15) is 30.0 Å². The molecule has 2 aromatic rings. The lowest BCUT2D eigenvalue weighted by Gasteiger charge is -2.17. The highest BCUT2D eigenvalue weighted by Gasteiger charge is 2.23. The maximum atomic E-state index is 5.74. The number of methoxy groups -OCH3 is 1. The molecule has 0 aliphatic heterocycles. The number of nitrogens with two attached hydrogens (primary N) is 1. The van der Waals surface area contributed by atoms with Gasteiger partial charge in [-0.15, -0.1) is 11.3 Å². The maximum absolute atomic E-state index is 5.74. The van der Waals surface area contributed by atoms with Crippen LogP contribution in [-0.4, -0.2) is 16.9 Å². The molecule has 0 aliphatic carbocycles. The van der Waals surface area contributed by atoms with Gasteiger partial charge in [0.25, 0.3) is 0 Å². The second kappa shape index (κ2) is 6.51. The quantitative estimate of drug-likeness (QED) is 0.624. The Balaban J connectivity index is 2.44. The molecule has 2 aromatic heterocycles. The van der Waals surface area contributed by atoms with E-state index in [1.807, 2.05) is 16.8 Å². The first-order valence-electron chi connectivity index (χ1n) is 6.02. The largest absolute Gasteiger partial charge is 0.493 e. The monoisotopic (exact) mass is 344 g/mol. The molecule has 5 nitrogen and oxygen atoms in total. The van der Waals surface area contributed by atoms with Crippen molar-refractivity contribution in [3.8, 4) is 5.75 Å². The van der Waals surface area contributed by atoms with E-state index < -0.39 is 0 Å². The predicted octanol–water partition coefficient (Wildman–Crippen LogP) is 2.68. The van der Waals surface area contributed by atoms with Gasteiger partial charge in [0.15, 0.2) is 5.75 Å². The Morgan fingerprint density at radius 3 is 2.89 bits per heavy atom. The Hall–Kier alpha value is -0.890. The number of nitrogens with zero attached hydrogens (tertiary/aromatic N) is 2. The van der Waals surface area contributed by atoms with Crippen LogP contribution >= 0.6 is 27.3 Å². The van der Waals surface area contributed by atoms with E-state index >= 15 is 0 Å². The number of aryl methyl sites for hydroxylation is 1. The summed E-state index contributed by atoms with van der Waals surface area (Å²) >= 11 is 5.12. The van der Waals surface area contributed by atoms with Gasteiger partial charge in [0.1, 0.15) is 11.7 Å². The van der Waals surface area contributed by atoms with Gasteiger partial charge in [-0.1, -0.05) is 6.92 Å². The third-order valence-electron chi connectivity index (χ3n) is 2.82. The van der Waals surface area contributed by atoms with Crippen molar-refractivity contribution in [2.45, 2.75) is 25.9 Å². The minimum Gasteiger partial charge on any atom is -0.493 e. The second-order valence-electron chi connectivity index (χ2n) is 4.06. The molecule has 0 saturated carbocycles. The van der Waals surface area contributed by atoms with Gasteiger partial charge < -0.3 is 4.74 Å². The number of rotatable bonds is 6. The number of ether oxygens (including phenoxy) is 1. The third kappa shape index (κ3) is 3.00. The molecule has 0 aliphatic rings. The van der Waals surface area contributed by atoms with Gasteiger partial charge in [-0.25, -0.2) is 5.43 Å². The normalized spacial score (nSPS) is 12.6. The summed E-state index contributed by atoms with van der Waals surface area (Å²) in [6.07, 6.45) is 2.74. The number of thiophene rings is 1. The van der Waals surface area contributed by atoms with Crippen molar-refractivity contribution < 1.29 is 4.74 Å². The van der Waals surface area contributed by atoms with Gasteiger partial charge in [-0.05, 0) is 34.5 Å². The molecule has 7 heteroatoms. The minimum absolute atomic E-state index is 0.125. The van der Waals surface area contributed by atoms with E-state index in [0.717, 1.165) is 33.1 Å². The van der Waals surface area contributed by atoms with Crippen LogP contribution < -0.4 is 16.0 Å². The average molecular weight is 345 g/mol. The van der Waals surface area contributed by atoms with Crippen LogP contribution in [0.15, 0.2) is 22.1 Å². The fourth-order valence-electron chi connectivity index (χ4n) is 2.00. The minimum atomic E-state index is -0.125. The molecule has 2 heterocycles. The molecule has 0 amide bonds. The van der Waals surface area contributed by atoms with E-state index in [9.17, 15) is 0 Å². The molecule has 2 rings (SSSR count). The summed E-state index contributed by atoms with van der Waals surface area (Å²) in [5, 5.41) is 4.37. The smallest absolute Gasteiger partial charge is 0.162 e. The van der Waals surface area contributed by atoms with Crippen LogP contribution in [0.3, 0.4) is 0 Å². The first-order valence-corrected chi connectivity index (χ1v) is 7.63. The average Bonchev–Trinajstić information content (AvgIpc) is 2.99. The molecule has 0 saturated heterocycles. The first kappa shape index (κ1) is 14.5. The van der Waals surface area contributed by atoms with Crippen LogP contribution in [-0.2, 0) is 6.54 Å². The molecule has 104 valence electrons. The van der Waals surface area contributed by atoms with Gasteiger partial charge >= 0.3 is 0 Å². The van der Waals surface area contributed by atoms with E-state index in [2.05, 4.69) is 33.4 Å². The summed E-state index contributed by atoms with van der Waals surface area (Å²) in [5.74, 6) is 6.49.